The van der Waals surface area contributed by atoms with E-state index in [-0.39, 0.29) is 28.0 Å². The number of carbonyl (C=O) groups is 2. The van der Waals surface area contributed by atoms with Crippen LogP contribution in [0.5, 0.6) is 17.2 Å². The van der Waals surface area contributed by atoms with Gasteiger partial charge in [-0.25, -0.2) is 0 Å². The molecule has 2 aromatic carbocycles. The highest BCUT2D eigenvalue weighted by atomic mass is 16.7. The first-order chi connectivity index (χ1) is 22.8. The lowest BCUT2D eigenvalue weighted by Gasteiger charge is -2.42. The Morgan fingerprint density at radius 3 is 1.75 bits per heavy atom. The molecule has 17 nitrogen and oxygen atoms in total. The summed E-state index contributed by atoms with van der Waals surface area (Å²) in [5, 5.41) is 76.1. The van der Waals surface area contributed by atoms with E-state index in [0.29, 0.717) is 5.56 Å². The van der Waals surface area contributed by atoms with Crippen molar-refractivity contribution >= 4 is 22.8 Å². The van der Waals surface area contributed by atoms with E-state index in [4.69, 9.17) is 23.4 Å². The zero-order valence-corrected chi connectivity index (χ0v) is 25.6. The standard InChI is InChI=1S/C31H36N2O15/c1-12(36)32-23-28(42)26(40)20(9-34)47-30(23)45-15-5-3-14(4-6-15)17-11-44-19-8-16(7-18(38)22(19)25(17)39)46-31-24(33-13(2)37)29(43)27(41)21(10-35)48-31/h3-8,11,20-21,23-24,26-31,34-35,38,40-43H,9-10H2,1-2H3,(H,32,36)(H,33,37). The Kier molecular flexibility index (Phi) is 10.5. The number of aliphatic hydroxyl groups excluding tert-OH is 6. The normalized spacial score (nSPS) is 30.4. The largest absolute Gasteiger partial charge is 0.507 e. The Labute approximate surface area is 271 Å². The van der Waals surface area contributed by atoms with Gasteiger partial charge in [0.05, 0.1) is 18.8 Å². The number of hydrogen-bond donors (Lipinski definition) is 9. The average molecular weight is 677 g/mol. The number of aliphatic hydroxyl groups is 6. The second kappa shape index (κ2) is 14.4. The maximum absolute atomic E-state index is 13.5. The second-order valence-corrected chi connectivity index (χ2v) is 11.4. The van der Waals surface area contributed by atoms with E-state index in [2.05, 4.69) is 10.6 Å². The Hall–Kier alpha value is -4.33. The molecule has 0 radical (unpaired) electrons. The van der Waals surface area contributed by atoms with Crippen LogP contribution in [0, 0.1) is 0 Å². The first-order valence-electron chi connectivity index (χ1n) is 14.8. The van der Waals surface area contributed by atoms with E-state index < -0.39 is 97.5 Å². The molecule has 0 spiro atoms. The van der Waals surface area contributed by atoms with E-state index in [1.54, 1.807) is 0 Å². The van der Waals surface area contributed by atoms with Gasteiger partial charge in [0, 0.05) is 26.0 Å². The van der Waals surface area contributed by atoms with Crippen molar-refractivity contribution in [1.29, 1.82) is 0 Å². The van der Waals surface area contributed by atoms with Gasteiger partial charge in [-0.05, 0) is 17.7 Å². The van der Waals surface area contributed by atoms with Gasteiger partial charge in [-0.2, -0.15) is 0 Å². The van der Waals surface area contributed by atoms with Gasteiger partial charge in [0.15, 0.2) is 0 Å². The van der Waals surface area contributed by atoms with Crippen LogP contribution in [0.15, 0.2) is 51.9 Å². The van der Waals surface area contributed by atoms with Gasteiger partial charge in [-0.15, -0.1) is 0 Å². The van der Waals surface area contributed by atoms with E-state index in [9.17, 15) is 50.1 Å². The Balaban J connectivity index is 1.37. The molecule has 2 aliphatic rings. The fraction of sp³-hybridized carbons (Fsp3) is 0.452. The minimum atomic E-state index is -1.57. The van der Waals surface area contributed by atoms with Crippen LogP contribution in [0.4, 0.5) is 0 Å². The molecule has 260 valence electrons. The quantitative estimate of drug-likeness (QED) is 0.117. The maximum Gasteiger partial charge on any atom is 0.223 e. The lowest BCUT2D eigenvalue weighted by Crippen LogP contribution is -2.65. The summed E-state index contributed by atoms with van der Waals surface area (Å²) >= 11 is 0. The third kappa shape index (κ3) is 7.08. The van der Waals surface area contributed by atoms with Crippen LogP contribution in [0.3, 0.4) is 0 Å². The predicted molar refractivity (Wildman–Crippen MR) is 162 cm³/mol. The SMILES string of the molecule is CC(=O)NC1C(Oc2ccc(-c3coc4cc(OC5OC(CO)C(O)C(O)C5NC(C)=O)cc(O)c4c3=O)cc2)OC(CO)C(O)C1O. The van der Waals surface area contributed by atoms with Gasteiger partial charge in [0.25, 0.3) is 0 Å². The Morgan fingerprint density at radius 2 is 1.27 bits per heavy atom. The molecule has 10 atom stereocenters. The minimum absolute atomic E-state index is 0.0613. The highest BCUT2D eigenvalue weighted by molar-refractivity contribution is 5.88. The Bertz CT molecular complexity index is 1680. The average Bonchev–Trinajstić information content (AvgIpc) is 3.04. The van der Waals surface area contributed by atoms with Crippen LogP contribution in [0.1, 0.15) is 13.8 Å². The molecule has 2 amide bonds. The van der Waals surface area contributed by atoms with E-state index in [0.717, 1.165) is 12.3 Å². The number of phenolic OH excluding ortho intramolecular Hbond substituents is 1. The van der Waals surface area contributed by atoms with Crippen molar-refractivity contribution in [3.63, 3.8) is 0 Å². The minimum Gasteiger partial charge on any atom is -0.507 e. The van der Waals surface area contributed by atoms with Gasteiger partial charge in [-0.3, -0.25) is 14.4 Å². The molecule has 0 aliphatic carbocycles. The summed E-state index contributed by atoms with van der Waals surface area (Å²) in [6.45, 7) is 1.11. The number of ether oxygens (including phenoxy) is 4. The second-order valence-electron chi connectivity index (χ2n) is 11.4. The third-order valence-electron chi connectivity index (χ3n) is 8.00. The number of benzene rings is 2. The van der Waals surface area contributed by atoms with Gasteiger partial charge in [0.1, 0.15) is 83.2 Å². The van der Waals surface area contributed by atoms with Gasteiger partial charge >= 0.3 is 0 Å². The van der Waals surface area contributed by atoms with Crippen LogP contribution in [-0.4, -0.2) is 122 Å². The molecule has 1 aromatic heterocycles. The molecule has 0 saturated carbocycles. The number of hydrogen-bond acceptors (Lipinski definition) is 15. The van der Waals surface area contributed by atoms with Crippen LogP contribution < -0.4 is 25.5 Å². The molecular weight excluding hydrogens is 640 g/mol. The summed E-state index contributed by atoms with van der Waals surface area (Å²) in [5.74, 6) is -1.49. The monoisotopic (exact) mass is 676 g/mol. The fourth-order valence-electron chi connectivity index (χ4n) is 5.60. The highest BCUT2D eigenvalue weighted by Crippen LogP contribution is 2.33. The molecule has 2 saturated heterocycles. The van der Waals surface area contributed by atoms with Crippen molar-refractivity contribution in [3.8, 4) is 28.4 Å². The predicted octanol–water partition coefficient (Wildman–Crippen LogP) is -2.19. The smallest absolute Gasteiger partial charge is 0.223 e. The molecule has 9 N–H and O–H groups in total. The van der Waals surface area contributed by atoms with Crippen molar-refractivity contribution in [2.24, 2.45) is 0 Å². The number of rotatable bonds is 9. The molecule has 10 unspecified atom stereocenters. The molecule has 2 fully saturated rings. The molecule has 3 aromatic rings. The summed E-state index contributed by atoms with van der Waals surface area (Å²) in [6.07, 6.45) is -10.1. The van der Waals surface area contributed by atoms with Gasteiger partial charge in [0.2, 0.25) is 29.8 Å². The zero-order chi connectivity index (χ0) is 34.9. The van der Waals surface area contributed by atoms with Crippen molar-refractivity contribution in [1.82, 2.24) is 10.6 Å². The van der Waals surface area contributed by atoms with E-state index in [1.807, 2.05) is 0 Å². The molecule has 0 bridgehead atoms. The van der Waals surface area contributed by atoms with E-state index >= 15 is 0 Å². The first-order valence-corrected chi connectivity index (χ1v) is 14.8. The summed E-state index contributed by atoms with van der Waals surface area (Å²) in [5.41, 5.74) is -0.267. The molecule has 3 heterocycles. The van der Waals surface area contributed by atoms with Crippen molar-refractivity contribution < 1.29 is 68.7 Å². The fourth-order valence-corrected chi connectivity index (χ4v) is 5.60. The zero-order valence-electron chi connectivity index (χ0n) is 25.6. The lowest BCUT2D eigenvalue weighted by molar-refractivity contribution is -0.244. The van der Waals surface area contributed by atoms with E-state index in [1.165, 1.54) is 44.2 Å². The number of nitrogens with one attached hydrogen (secondary N) is 2. The number of phenols is 1. The molecule has 5 rings (SSSR count). The maximum atomic E-state index is 13.5. The number of fused-ring (bicyclic) bond motifs is 1. The van der Waals surface area contributed by atoms with Crippen molar-refractivity contribution in [2.45, 2.75) is 75.1 Å². The molecule has 17 heteroatoms. The number of aromatic hydroxyl groups is 1. The van der Waals surface area contributed by atoms with Crippen LogP contribution in [-0.2, 0) is 19.1 Å². The van der Waals surface area contributed by atoms with Crippen LogP contribution >= 0.6 is 0 Å². The summed E-state index contributed by atoms with van der Waals surface area (Å²) < 4.78 is 28.4. The van der Waals surface area contributed by atoms with Crippen molar-refractivity contribution in [3.05, 3.63) is 52.9 Å². The third-order valence-corrected chi connectivity index (χ3v) is 8.00. The summed E-state index contributed by atoms with van der Waals surface area (Å²) in [6, 6.07) is 5.90. The molecule has 2 aliphatic heterocycles. The first kappa shape index (κ1) is 35.0. The molecule has 48 heavy (non-hydrogen) atoms. The van der Waals surface area contributed by atoms with Crippen LogP contribution in [0.25, 0.3) is 22.1 Å². The summed E-state index contributed by atoms with van der Waals surface area (Å²) in [7, 11) is 0. The highest BCUT2D eigenvalue weighted by Gasteiger charge is 2.47. The van der Waals surface area contributed by atoms with Gasteiger partial charge < -0.3 is 69.7 Å². The van der Waals surface area contributed by atoms with Crippen molar-refractivity contribution in [2.75, 3.05) is 13.2 Å². The topological polar surface area (TPSA) is 267 Å². The summed E-state index contributed by atoms with van der Waals surface area (Å²) in [4.78, 5) is 36.9. The number of carbonyl (C=O) groups excluding carboxylic acids is 2. The van der Waals surface area contributed by atoms with Gasteiger partial charge in [-0.1, -0.05) is 12.1 Å². The lowest BCUT2D eigenvalue weighted by atomic mass is 9.97. The Morgan fingerprint density at radius 1 is 0.771 bits per heavy atom. The number of amides is 2. The molecular formula is C31H36N2O15. The van der Waals surface area contributed by atoms with Crippen LogP contribution in [0.2, 0.25) is 0 Å².